The minimum Gasteiger partial charge on any atom is -0.392 e. The lowest BCUT2D eigenvalue weighted by atomic mass is 10.1. The molecule has 2 fully saturated rings. The Hall–Kier alpha value is -1.38. The minimum atomic E-state index is -0.271. The maximum atomic E-state index is 13.4. The van der Waals surface area contributed by atoms with E-state index in [2.05, 4.69) is 22.9 Å². The number of nitrogen functional groups attached to an aromatic ring is 1. The van der Waals surface area contributed by atoms with Crippen LogP contribution in [0, 0.1) is 5.82 Å². The summed E-state index contributed by atoms with van der Waals surface area (Å²) in [6.07, 6.45) is 5.51. The summed E-state index contributed by atoms with van der Waals surface area (Å²) in [7, 11) is 0. The number of fused-ring (bicyclic) bond motifs is 1. The molecule has 3 heterocycles. The third-order valence-electron chi connectivity index (χ3n) is 3.88. The van der Waals surface area contributed by atoms with Gasteiger partial charge < -0.3 is 10.8 Å². The third-order valence-corrected chi connectivity index (χ3v) is 4.25. The van der Waals surface area contributed by atoms with E-state index in [-0.39, 0.29) is 17.9 Å². The van der Waals surface area contributed by atoms with E-state index >= 15 is 0 Å². The van der Waals surface area contributed by atoms with E-state index in [1.54, 1.807) is 4.52 Å². The summed E-state index contributed by atoms with van der Waals surface area (Å²) in [6, 6.07) is 1.53. The summed E-state index contributed by atoms with van der Waals surface area (Å²) < 4.78 is 16.8. The number of aliphatic hydroxyl groups excluding tert-OH is 1. The van der Waals surface area contributed by atoms with Crippen molar-refractivity contribution < 1.29 is 9.50 Å². The van der Waals surface area contributed by atoms with Gasteiger partial charge in [-0.1, -0.05) is 12.8 Å². The molecular formula is C14H20FN5OS. The predicted molar refractivity (Wildman–Crippen MR) is 85.1 cm³/mol. The fourth-order valence-corrected chi connectivity index (χ4v) is 2.92. The number of rotatable bonds is 1. The van der Waals surface area contributed by atoms with Crippen LogP contribution in [0.1, 0.15) is 37.3 Å². The number of aromatic nitrogens is 3. The Kier molecular flexibility index (Phi) is 4.51. The molecule has 4 rings (SSSR count). The predicted octanol–water partition coefficient (Wildman–Crippen LogP) is 1.62. The summed E-state index contributed by atoms with van der Waals surface area (Å²) in [6.45, 7) is 1.74. The molecule has 22 heavy (non-hydrogen) atoms. The van der Waals surface area contributed by atoms with E-state index in [0.29, 0.717) is 11.4 Å². The van der Waals surface area contributed by atoms with Gasteiger partial charge in [-0.05, 0) is 31.7 Å². The molecule has 1 saturated carbocycles. The molecule has 6 nitrogen and oxygen atoms in total. The molecule has 0 radical (unpaired) electrons. The van der Waals surface area contributed by atoms with Crippen molar-refractivity contribution in [1.82, 2.24) is 18.9 Å². The molecule has 2 aromatic rings. The van der Waals surface area contributed by atoms with Crippen molar-refractivity contribution in [2.75, 3.05) is 18.8 Å². The lowest BCUT2D eigenvalue weighted by molar-refractivity contribution is 0.113. The van der Waals surface area contributed by atoms with E-state index < -0.39 is 0 Å². The van der Waals surface area contributed by atoms with Crippen LogP contribution < -0.4 is 5.73 Å². The Balaban J connectivity index is 0.000000154. The Morgan fingerprint density at radius 3 is 2.73 bits per heavy atom. The van der Waals surface area contributed by atoms with E-state index in [4.69, 9.17) is 10.8 Å². The summed E-state index contributed by atoms with van der Waals surface area (Å²) in [5, 5.41) is 13.0. The zero-order chi connectivity index (χ0) is 15.7. The molecular weight excluding hydrogens is 305 g/mol. The lowest BCUT2D eigenvalue weighted by Gasteiger charge is -2.24. The molecule has 0 spiro atoms. The molecule has 0 aromatic carbocycles. The number of halogens is 1. The van der Waals surface area contributed by atoms with Gasteiger partial charge in [0.05, 0.1) is 12.3 Å². The van der Waals surface area contributed by atoms with Crippen molar-refractivity contribution in [3.05, 3.63) is 23.8 Å². The molecule has 120 valence electrons. The highest BCUT2D eigenvalue weighted by Gasteiger charge is 2.28. The fourth-order valence-electron chi connectivity index (χ4n) is 2.59. The number of piperidine rings is 1. The topological polar surface area (TPSA) is 79.7 Å². The van der Waals surface area contributed by atoms with Crippen LogP contribution >= 0.6 is 12.8 Å². The van der Waals surface area contributed by atoms with Gasteiger partial charge in [-0.2, -0.15) is 0 Å². The highest BCUT2D eigenvalue weighted by atomic mass is 32.1. The largest absolute Gasteiger partial charge is 0.392 e. The monoisotopic (exact) mass is 325 g/mol. The number of nitrogens with zero attached hydrogens (tertiary/aromatic N) is 4. The zero-order valence-corrected chi connectivity index (χ0v) is 13.1. The molecule has 0 amide bonds. The van der Waals surface area contributed by atoms with Crippen molar-refractivity contribution in [1.29, 1.82) is 0 Å². The van der Waals surface area contributed by atoms with Crippen molar-refractivity contribution in [2.45, 2.75) is 37.7 Å². The smallest absolute Gasteiger partial charge is 0.238 e. The molecule has 3 N–H and O–H groups in total. The van der Waals surface area contributed by atoms with E-state index in [0.717, 1.165) is 44.5 Å². The second-order valence-corrected chi connectivity index (χ2v) is 6.38. The van der Waals surface area contributed by atoms with Crippen LogP contribution in [-0.4, -0.2) is 43.2 Å². The molecule has 8 heteroatoms. The van der Waals surface area contributed by atoms with Gasteiger partial charge in [-0.3, -0.25) is 4.31 Å². The Morgan fingerprint density at radius 1 is 1.36 bits per heavy atom. The molecule has 1 aliphatic heterocycles. The van der Waals surface area contributed by atoms with E-state index in [1.165, 1.54) is 12.3 Å². The highest BCUT2D eigenvalue weighted by molar-refractivity contribution is 7.77. The Bertz CT molecular complexity index is 652. The average molecular weight is 325 g/mol. The van der Waals surface area contributed by atoms with Crippen LogP contribution in [-0.2, 0) is 0 Å². The summed E-state index contributed by atoms with van der Waals surface area (Å²) in [5.74, 6) is 0.350. The first-order valence-electron chi connectivity index (χ1n) is 7.46. The first-order chi connectivity index (χ1) is 10.5. The van der Waals surface area contributed by atoms with Gasteiger partial charge in [-0.15, -0.1) is 5.10 Å². The van der Waals surface area contributed by atoms with Crippen LogP contribution in [0.3, 0.4) is 0 Å². The number of anilines is 1. The second-order valence-electron chi connectivity index (χ2n) is 5.81. The normalized spacial score (nSPS) is 22.4. The minimum absolute atomic E-state index is 0.138. The molecule has 0 bridgehead atoms. The van der Waals surface area contributed by atoms with Gasteiger partial charge >= 0.3 is 0 Å². The third kappa shape index (κ3) is 3.50. The number of hydrogen-bond acceptors (Lipinski definition) is 6. The molecule has 2 aromatic heterocycles. The Labute approximate surface area is 133 Å². The van der Waals surface area contributed by atoms with Crippen molar-refractivity contribution in [3.63, 3.8) is 0 Å². The van der Waals surface area contributed by atoms with Crippen molar-refractivity contribution in [3.8, 4) is 0 Å². The molecule has 1 unspecified atom stereocenters. The summed E-state index contributed by atoms with van der Waals surface area (Å²) in [5.41, 5.74) is 6.77. The maximum absolute atomic E-state index is 13.4. The maximum Gasteiger partial charge on any atom is 0.238 e. The number of aliphatic hydroxyl groups is 1. The molecule has 1 atom stereocenters. The first kappa shape index (κ1) is 15.5. The SMILES string of the molecule is Nc1ncc2c(F)cc(C3CC3)n2n1.OC1CCCN(S)C1. The highest BCUT2D eigenvalue weighted by Crippen LogP contribution is 2.40. The number of hydrogen-bond donors (Lipinski definition) is 3. The molecule has 1 saturated heterocycles. The van der Waals surface area contributed by atoms with Gasteiger partial charge in [-0.25, -0.2) is 13.9 Å². The zero-order valence-electron chi connectivity index (χ0n) is 12.2. The van der Waals surface area contributed by atoms with Gasteiger partial charge in [0.15, 0.2) is 5.82 Å². The molecule has 2 aliphatic rings. The number of nitrogens with two attached hydrogens (primary N) is 1. The van der Waals surface area contributed by atoms with Crippen molar-refractivity contribution >= 4 is 24.3 Å². The summed E-state index contributed by atoms with van der Waals surface area (Å²) in [4.78, 5) is 3.77. The van der Waals surface area contributed by atoms with Crippen LogP contribution in [0.4, 0.5) is 10.3 Å². The van der Waals surface area contributed by atoms with Gasteiger partial charge in [0.1, 0.15) is 5.52 Å². The fraction of sp³-hybridized carbons (Fsp3) is 0.571. The van der Waals surface area contributed by atoms with Crippen LogP contribution in [0.25, 0.3) is 5.52 Å². The average Bonchev–Trinajstić information content (AvgIpc) is 3.25. The standard InChI is InChI=1S/C9H9FN4.C5H11NOS/c10-6-3-7(5-1-2-5)14-8(6)4-12-9(11)13-14;7-5-2-1-3-6(8)4-5/h3-5H,1-2H2,(H2,11,13);5,7-8H,1-4H2. The lowest BCUT2D eigenvalue weighted by Crippen LogP contribution is -2.31. The van der Waals surface area contributed by atoms with Crippen LogP contribution in [0.5, 0.6) is 0 Å². The van der Waals surface area contributed by atoms with Gasteiger partial charge in [0.25, 0.3) is 0 Å². The van der Waals surface area contributed by atoms with Gasteiger partial charge in [0.2, 0.25) is 5.95 Å². The Morgan fingerprint density at radius 2 is 2.14 bits per heavy atom. The van der Waals surface area contributed by atoms with E-state index in [1.807, 2.05) is 4.31 Å². The first-order valence-corrected chi connectivity index (χ1v) is 7.86. The number of thiol groups is 1. The van der Waals surface area contributed by atoms with Crippen LogP contribution in [0.15, 0.2) is 12.3 Å². The van der Waals surface area contributed by atoms with Crippen molar-refractivity contribution in [2.24, 2.45) is 0 Å². The quantitative estimate of drug-likeness (QED) is 0.694. The van der Waals surface area contributed by atoms with E-state index in [9.17, 15) is 4.39 Å². The van der Waals surface area contributed by atoms with Gasteiger partial charge in [0, 0.05) is 24.7 Å². The second kappa shape index (κ2) is 6.39. The summed E-state index contributed by atoms with van der Waals surface area (Å²) >= 11 is 4.09. The number of β-amino-alcohol motifs (C(OH)–C–C–N with tert-alkyl or cyclic N) is 1. The molecule has 1 aliphatic carbocycles. The van der Waals surface area contributed by atoms with Crippen LogP contribution in [0.2, 0.25) is 0 Å².